The predicted molar refractivity (Wildman–Crippen MR) is 91.8 cm³/mol. The van der Waals surface area contributed by atoms with Crippen molar-refractivity contribution in [2.24, 2.45) is 11.5 Å². The van der Waals surface area contributed by atoms with Gasteiger partial charge in [0.1, 0.15) is 12.1 Å². The molecule has 0 spiro atoms. The van der Waals surface area contributed by atoms with Crippen LogP contribution in [0.15, 0.2) is 0 Å². The van der Waals surface area contributed by atoms with E-state index in [1.165, 1.54) is 30.7 Å². The van der Waals surface area contributed by atoms with E-state index in [0.717, 1.165) is 0 Å². The van der Waals surface area contributed by atoms with Crippen molar-refractivity contribution in [1.82, 2.24) is 9.80 Å². The number of primary amides is 1. The minimum atomic E-state index is -1.17. The molecule has 0 aromatic heterocycles. The Hall–Kier alpha value is -1.67. The molecule has 0 bridgehead atoms. The van der Waals surface area contributed by atoms with Crippen molar-refractivity contribution >= 4 is 17.7 Å². The monoisotopic (exact) mass is 344 g/mol. The van der Waals surface area contributed by atoms with E-state index in [1.54, 1.807) is 7.05 Å². The smallest absolute Gasteiger partial charge is 0.245 e. The Morgan fingerprint density at radius 1 is 1.12 bits per heavy atom. The summed E-state index contributed by atoms with van der Waals surface area (Å²) in [7, 11) is 3.00. The van der Waals surface area contributed by atoms with Gasteiger partial charge in [0.2, 0.25) is 17.7 Å². The molecule has 8 nitrogen and oxygen atoms in total. The van der Waals surface area contributed by atoms with Crippen LogP contribution in [0.2, 0.25) is 0 Å². The standard InChI is InChI=1S/C16H32N4O4/c1-6-7-13(21)19(4)11(8-9-17)15(23)20(5)12(14(18)22)10-16(2,3)24/h11-12,24H,6-10,17H2,1-5H3,(H2,18,22)/t11-,12-/m0/s1. The lowest BCUT2D eigenvalue weighted by molar-refractivity contribution is -0.148. The van der Waals surface area contributed by atoms with E-state index in [1.807, 2.05) is 6.92 Å². The lowest BCUT2D eigenvalue weighted by Crippen LogP contribution is -2.55. The topological polar surface area (TPSA) is 130 Å². The lowest BCUT2D eigenvalue weighted by atomic mass is 9.97. The second kappa shape index (κ2) is 9.58. The molecule has 8 heteroatoms. The fourth-order valence-electron chi connectivity index (χ4n) is 2.49. The van der Waals surface area contributed by atoms with Crippen LogP contribution < -0.4 is 11.5 Å². The van der Waals surface area contributed by atoms with E-state index in [0.29, 0.717) is 12.8 Å². The summed E-state index contributed by atoms with van der Waals surface area (Å²) < 4.78 is 0. The quantitative estimate of drug-likeness (QED) is 0.489. The number of carbonyl (C=O) groups is 3. The first-order valence-electron chi connectivity index (χ1n) is 8.20. The molecular formula is C16H32N4O4. The van der Waals surface area contributed by atoms with Crippen LogP contribution in [-0.2, 0) is 14.4 Å². The second-order valence-corrected chi connectivity index (χ2v) is 6.73. The molecule has 0 aliphatic heterocycles. The SMILES string of the molecule is CCCC(=O)N(C)[C@@H](CCN)C(=O)N(C)[C@@H](CC(C)(C)O)C(N)=O. The third-order valence-electron chi connectivity index (χ3n) is 3.89. The zero-order valence-electron chi connectivity index (χ0n) is 15.4. The van der Waals surface area contributed by atoms with E-state index < -0.39 is 29.5 Å². The maximum absolute atomic E-state index is 12.8. The Balaban J connectivity index is 5.37. The molecule has 0 rings (SSSR count). The van der Waals surface area contributed by atoms with Crippen LogP contribution in [0.5, 0.6) is 0 Å². The molecular weight excluding hydrogens is 312 g/mol. The first-order chi connectivity index (χ1) is 11.0. The maximum atomic E-state index is 12.8. The number of nitrogens with zero attached hydrogens (tertiary/aromatic N) is 2. The van der Waals surface area contributed by atoms with Crippen LogP contribution in [0.1, 0.15) is 46.5 Å². The molecule has 24 heavy (non-hydrogen) atoms. The molecule has 0 saturated heterocycles. The fraction of sp³-hybridized carbons (Fsp3) is 0.812. The average Bonchev–Trinajstić information content (AvgIpc) is 2.47. The van der Waals surface area contributed by atoms with Crippen LogP contribution in [-0.4, -0.2) is 71.0 Å². The van der Waals surface area contributed by atoms with Gasteiger partial charge in [-0.1, -0.05) is 6.92 Å². The summed E-state index contributed by atoms with van der Waals surface area (Å²) in [6, 6.07) is -1.73. The minimum absolute atomic E-state index is 0.00649. The highest BCUT2D eigenvalue weighted by Gasteiger charge is 2.35. The highest BCUT2D eigenvalue weighted by molar-refractivity contribution is 5.91. The molecule has 0 unspecified atom stereocenters. The van der Waals surface area contributed by atoms with Crippen molar-refractivity contribution in [3.8, 4) is 0 Å². The predicted octanol–water partition coefficient (Wildman–Crippen LogP) is -0.564. The normalized spacial score (nSPS) is 14.0. The summed E-state index contributed by atoms with van der Waals surface area (Å²) in [4.78, 5) is 39.2. The number of likely N-dealkylation sites (N-methyl/N-ethyl adjacent to an activating group) is 2. The van der Waals surface area contributed by atoms with Gasteiger partial charge in [0, 0.05) is 26.9 Å². The molecule has 0 saturated carbocycles. The largest absolute Gasteiger partial charge is 0.390 e. The van der Waals surface area contributed by atoms with Crippen molar-refractivity contribution in [1.29, 1.82) is 0 Å². The van der Waals surface area contributed by atoms with E-state index in [9.17, 15) is 19.5 Å². The van der Waals surface area contributed by atoms with E-state index in [2.05, 4.69) is 0 Å². The first-order valence-corrected chi connectivity index (χ1v) is 8.20. The Labute approximate surface area is 144 Å². The van der Waals surface area contributed by atoms with Crippen molar-refractivity contribution in [2.45, 2.75) is 64.1 Å². The van der Waals surface area contributed by atoms with Gasteiger partial charge in [-0.3, -0.25) is 14.4 Å². The van der Waals surface area contributed by atoms with Gasteiger partial charge in [-0.25, -0.2) is 0 Å². The average molecular weight is 344 g/mol. The lowest BCUT2D eigenvalue weighted by Gasteiger charge is -2.35. The van der Waals surface area contributed by atoms with Gasteiger partial charge in [-0.2, -0.15) is 0 Å². The van der Waals surface area contributed by atoms with Gasteiger partial charge in [-0.15, -0.1) is 0 Å². The van der Waals surface area contributed by atoms with Gasteiger partial charge in [-0.05, 0) is 33.2 Å². The number of nitrogens with two attached hydrogens (primary N) is 2. The number of aliphatic hydroxyl groups is 1. The summed E-state index contributed by atoms with van der Waals surface area (Å²) in [5.41, 5.74) is 9.80. The van der Waals surface area contributed by atoms with Crippen LogP contribution >= 0.6 is 0 Å². The van der Waals surface area contributed by atoms with Crippen LogP contribution in [0.3, 0.4) is 0 Å². The summed E-state index contributed by atoms with van der Waals surface area (Å²) in [6.45, 7) is 5.18. The summed E-state index contributed by atoms with van der Waals surface area (Å²) >= 11 is 0. The molecule has 5 N–H and O–H groups in total. The van der Waals surface area contributed by atoms with Gasteiger partial charge in [0.25, 0.3) is 0 Å². The third-order valence-corrected chi connectivity index (χ3v) is 3.89. The van der Waals surface area contributed by atoms with E-state index in [-0.39, 0.29) is 25.3 Å². The summed E-state index contributed by atoms with van der Waals surface area (Å²) in [5, 5.41) is 9.95. The molecule has 2 atom stereocenters. The number of carbonyl (C=O) groups excluding carboxylic acids is 3. The number of amides is 3. The molecule has 0 aliphatic rings. The van der Waals surface area contributed by atoms with Crippen molar-refractivity contribution in [3.63, 3.8) is 0 Å². The highest BCUT2D eigenvalue weighted by atomic mass is 16.3. The van der Waals surface area contributed by atoms with Crippen LogP contribution in [0.25, 0.3) is 0 Å². The van der Waals surface area contributed by atoms with Gasteiger partial charge >= 0.3 is 0 Å². The summed E-state index contributed by atoms with van der Waals surface area (Å²) in [6.07, 6.45) is 1.29. The molecule has 0 fully saturated rings. The molecule has 0 heterocycles. The Kier molecular flexibility index (Phi) is 8.92. The van der Waals surface area contributed by atoms with E-state index in [4.69, 9.17) is 11.5 Å². The Bertz CT molecular complexity index is 448. The molecule has 0 aromatic carbocycles. The van der Waals surface area contributed by atoms with E-state index >= 15 is 0 Å². The van der Waals surface area contributed by atoms with Crippen molar-refractivity contribution in [3.05, 3.63) is 0 Å². The van der Waals surface area contributed by atoms with Gasteiger partial charge in [0.05, 0.1) is 5.60 Å². The van der Waals surface area contributed by atoms with Crippen molar-refractivity contribution in [2.75, 3.05) is 20.6 Å². The van der Waals surface area contributed by atoms with Crippen molar-refractivity contribution < 1.29 is 19.5 Å². The number of hydrogen-bond acceptors (Lipinski definition) is 5. The highest BCUT2D eigenvalue weighted by Crippen LogP contribution is 2.17. The molecule has 0 aromatic rings. The summed E-state index contributed by atoms with van der Waals surface area (Å²) in [5.74, 6) is -1.28. The maximum Gasteiger partial charge on any atom is 0.245 e. The number of hydrogen-bond donors (Lipinski definition) is 3. The third kappa shape index (κ3) is 6.84. The van der Waals surface area contributed by atoms with Crippen LogP contribution in [0, 0.1) is 0 Å². The van der Waals surface area contributed by atoms with Gasteiger partial charge in [0.15, 0.2) is 0 Å². The minimum Gasteiger partial charge on any atom is -0.390 e. The Morgan fingerprint density at radius 3 is 2.04 bits per heavy atom. The molecule has 0 radical (unpaired) electrons. The molecule has 140 valence electrons. The van der Waals surface area contributed by atoms with Gasteiger partial charge < -0.3 is 26.4 Å². The zero-order valence-corrected chi connectivity index (χ0v) is 15.4. The fourth-order valence-corrected chi connectivity index (χ4v) is 2.49. The second-order valence-electron chi connectivity index (χ2n) is 6.73. The number of rotatable bonds is 10. The molecule has 0 aliphatic carbocycles. The zero-order chi connectivity index (χ0) is 19.1. The van der Waals surface area contributed by atoms with Crippen LogP contribution in [0.4, 0.5) is 0 Å². The Morgan fingerprint density at radius 2 is 1.67 bits per heavy atom. The first kappa shape index (κ1) is 22.3. The molecule has 3 amide bonds.